The average molecular weight is 412 g/mol. The summed E-state index contributed by atoms with van der Waals surface area (Å²) in [6.45, 7) is 0.854. The Balaban J connectivity index is 1.50. The van der Waals surface area contributed by atoms with Crippen molar-refractivity contribution in [3.63, 3.8) is 0 Å². The lowest BCUT2D eigenvalue weighted by atomic mass is 10.1. The Kier molecular flexibility index (Phi) is 5.65. The van der Waals surface area contributed by atoms with Gasteiger partial charge in [-0.2, -0.15) is 0 Å². The van der Waals surface area contributed by atoms with Crippen LogP contribution in [0.1, 0.15) is 23.2 Å². The molecule has 2 aliphatic heterocycles. The van der Waals surface area contributed by atoms with Crippen molar-refractivity contribution in [2.45, 2.75) is 12.8 Å². The molecular formula is C22H21FN2O5. The van der Waals surface area contributed by atoms with E-state index in [9.17, 15) is 18.8 Å². The van der Waals surface area contributed by atoms with Crippen LogP contribution in [0, 0.1) is 5.82 Å². The van der Waals surface area contributed by atoms with Crippen molar-refractivity contribution in [2.24, 2.45) is 0 Å². The Hall–Kier alpha value is -3.42. The standard InChI is InChI=1S/C22H21FN2O5/c23-16-4-3-5-17(11-16)29-13-19(26)15-6-7-20-18(10-15)25(22(28)14-30-20)12-21(27)24-8-1-2-9-24/h3-7,10-11H,1-2,8-9,12-14H2. The van der Waals surface area contributed by atoms with Crippen molar-refractivity contribution in [3.8, 4) is 11.5 Å². The lowest BCUT2D eigenvalue weighted by Crippen LogP contribution is -2.46. The van der Waals surface area contributed by atoms with Gasteiger partial charge in [0.05, 0.1) is 5.69 Å². The lowest BCUT2D eigenvalue weighted by molar-refractivity contribution is -0.131. The first-order valence-corrected chi connectivity index (χ1v) is 9.78. The van der Waals surface area contributed by atoms with Gasteiger partial charge in [-0.25, -0.2) is 4.39 Å². The summed E-state index contributed by atoms with van der Waals surface area (Å²) in [7, 11) is 0. The van der Waals surface area contributed by atoms with Crippen molar-refractivity contribution in [1.82, 2.24) is 4.90 Å². The molecule has 0 radical (unpaired) electrons. The number of amides is 2. The van der Waals surface area contributed by atoms with Crippen molar-refractivity contribution in [2.75, 3.05) is 37.7 Å². The zero-order valence-corrected chi connectivity index (χ0v) is 16.3. The second kappa shape index (κ2) is 8.52. The van der Waals surface area contributed by atoms with Gasteiger partial charge in [0, 0.05) is 24.7 Å². The molecule has 2 aromatic rings. The summed E-state index contributed by atoms with van der Waals surface area (Å²) in [6.07, 6.45) is 1.92. The number of ketones is 1. The number of benzene rings is 2. The summed E-state index contributed by atoms with van der Waals surface area (Å²) < 4.78 is 24.1. The van der Waals surface area contributed by atoms with E-state index in [1.54, 1.807) is 23.1 Å². The molecule has 0 spiro atoms. The molecule has 0 atom stereocenters. The van der Waals surface area contributed by atoms with Gasteiger partial charge in [-0.1, -0.05) is 6.07 Å². The Morgan fingerprint density at radius 3 is 2.67 bits per heavy atom. The average Bonchev–Trinajstić information content (AvgIpc) is 3.29. The molecule has 0 aromatic heterocycles. The number of halogens is 1. The van der Waals surface area contributed by atoms with E-state index in [1.165, 1.54) is 29.2 Å². The number of hydrogen-bond acceptors (Lipinski definition) is 5. The van der Waals surface area contributed by atoms with Gasteiger partial charge in [-0.15, -0.1) is 0 Å². The fourth-order valence-electron chi connectivity index (χ4n) is 3.54. The molecule has 0 saturated carbocycles. The molecule has 0 aliphatic carbocycles. The molecule has 7 nitrogen and oxygen atoms in total. The van der Waals surface area contributed by atoms with Crippen molar-refractivity contribution < 1.29 is 28.2 Å². The highest BCUT2D eigenvalue weighted by atomic mass is 19.1. The summed E-state index contributed by atoms with van der Waals surface area (Å²) in [5.74, 6) is -0.576. The molecule has 2 heterocycles. The maximum absolute atomic E-state index is 13.3. The number of likely N-dealkylation sites (tertiary alicyclic amines) is 1. The van der Waals surface area contributed by atoms with Gasteiger partial charge in [0.2, 0.25) is 5.91 Å². The van der Waals surface area contributed by atoms with Gasteiger partial charge >= 0.3 is 0 Å². The number of carbonyl (C=O) groups excluding carboxylic acids is 3. The van der Waals surface area contributed by atoms with E-state index in [1.807, 2.05) is 0 Å². The van der Waals surface area contributed by atoms with Gasteiger partial charge in [-0.3, -0.25) is 19.3 Å². The Labute approximate surface area is 173 Å². The topological polar surface area (TPSA) is 76.2 Å². The first kappa shape index (κ1) is 19.9. The van der Waals surface area contributed by atoms with Gasteiger partial charge < -0.3 is 14.4 Å². The van der Waals surface area contributed by atoms with Crippen molar-refractivity contribution >= 4 is 23.3 Å². The third-order valence-corrected chi connectivity index (χ3v) is 5.14. The zero-order chi connectivity index (χ0) is 21.1. The molecule has 2 amide bonds. The fraction of sp³-hybridized carbons (Fsp3) is 0.318. The highest BCUT2D eigenvalue weighted by Gasteiger charge is 2.30. The van der Waals surface area contributed by atoms with E-state index in [0.29, 0.717) is 30.1 Å². The number of hydrogen-bond donors (Lipinski definition) is 0. The minimum atomic E-state index is -0.456. The smallest absolute Gasteiger partial charge is 0.265 e. The maximum Gasteiger partial charge on any atom is 0.265 e. The zero-order valence-electron chi connectivity index (χ0n) is 16.3. The van der Waals surface area contributed by atoms with E-state index in [0.717, 1.165) is 12.8 Å². The summed E-state index contributed by atoms with van der Waals surface area (Å²) >= 11 is 0. The quantitative estimate of drug-likeness (QED) is 0.682. The first-order valence-electron chi connectivity index (χ1n) is 9.78. The molecule has 2 aromatic carbocycles. The van der Waals surface area contributed by atoms with E-state index in [4.69, 9.17) is 9.47 Å². The number of ether oxygens (including phenoxy) is 2. The minimum absolute atomic E-state index is 0.0906. The van der Waals surface area contributed by atoms with Gasteiger partial charge in [0.15, 0.2) is 19.0 Å². The van der Waals surface area contributed by atoms with Crippen LogP contribution in [0.2, 0.25) is 0 Å². The number of fused-ring (bicyclic) bond motifs is 1. The van der Waals surface area contributed by atoms with Crippen LogP contribution in [0.4, 0.5) is 10.1 Å². The van der Waals surface area contributed by atoms with Crippen LogP contribution in [-0.2, 0) is 9.59 Å². The van der Waals surface area contributed by atoms with Crippen LogP contribution >= 0.6 is 0 Å². The third kappa shape index (κ3) is 4.27. The molecule has 1 fully saturated rings. The summed E-state index contributed by atoms with van der Waals surface area (Å²) in [4.78, 5) is 40.6. The monoisotopic (exact) mass is 412 g/mol. The predicted octanol–water partition coefficient (Wildman–Crippen LogP) is 2.44. The molecule has 0 N–H and O–H groups in total. The number of carbonyl (C=O) groups is 3. The number of nitrogens with zero attached hydrogens (tertiary/aromatic N) is 2. The molecular weight excluding hydrogens is 391 g/mol. The molecule has 0 unspecified atom stereocenters. The van der Waals surface area contributed by atoms with Crippen molar-refractivity contribution in [3.05, 3.63) is 53.8 Å². The van der Waals surface area contributed by atoms with Crippen LogP contribution in [0.25, 0.3) is 0 Å². The van der Waals surface area contributed by atoms with Gasteiger partial charge in [0.1, 0.15) is 23.9 Å². The highest BCUT2D eigenvalue weighted by molar-refractivity contribution is 6.04. The Morgan fingerprint density at radius 1 is 1.10 bits per heavy atom. The SMILES string of the molecule is O=C(COc1cccc(F)c1)c1ccc2c(c1)N(CC(=O)N1CCCC1)C(=O)CO2. The molecule has 0 bridgehead atoms. The number of Topliss-reactive ketones (excluding diaryl/α,β-unsaturated/α-hetero) is 1. The molecule has 1 saturated heterocycles. The van der Waals surface area contributed by atoms with E-state index in [-0.39, 0.29) is 43.1 Å². The predicted molar refractivity (Wildman–Crippen MR) is 106 cm³/mol. The molecule has 2 aliphatic rings. The van der Waals surface area contributed by atoms with Crippen molar-refractivity contribution in [1.29, 1.82) is 0 Å². The van der Waals surface area contributed by atoms with Crippen LogP contribution in [-0.4, -0.2) is 55.3 Å². The molecule has 4 rings (SSSR count). The van der Waals surface area contributed by atoms with E-state index in [2.05, 4.69) is 0 Å². The molecule has 156 valence electrons. The van der Waals surface area contributed by atoms with Crippen LogP contribution in [0.15, 0.2) is 42.5 Å². The summed E-state index contributed by atoms with van der Waals surface area (Å²) in [5, 5.41) is 0. The Morgan fingerprint density at radius 2 is 1.90 bits per heavy atom. The van der Waals surface area contributed by atoms with Crippen LogP contribution in [0.3, 0.4) is 0 Å². The normalized spacial score (nSPS) is 15.6. The Bertz CT molecular complexity index is 987. The van der Waals surface area contributed by atoms with E-state index < -0.39 is 5.82 Å². The van der Waals surface area contributed by atoms with E-state index >= 15 is 0 Å². The van der Waals surface area contributed by atoms with Crippen LogP contribution < -0.4 is 14.4 Å². The summed E-state index contributed by atoms with van der Waals surface area (Å²) in [6, 6.07) is 10.2. The number of rotatable bonds is 6. The molecule has 8 heteroatoms. The third-order valence-electron chi connectivity index (χ3n) is 5.14. The number of anilines is 1. The van der Waals surface area contributed by atoms with Gasteiger partial charge in [-0.05, 0) is 43.2 Å². The maximum atomic E-state index is 13.3. The minimum Gasteiger partial charge on any atom is -0.485 e. The summed E-state index contributed by atoms with van der Waals surface area (Å²) in [5.41, 5.74) is 0.692. The largest absolute Gasteiger partial charge is 0.485 e. The lowest BCUT2D eigenvalue weighted by Gasteiger charge is -2.30. The fourth-order valence-corrected chi connectivity index (χ4v) is 3.54. The second-order valence-corrected chi connectivity index (χ2v) is 7.21. The molecule has 30 heavy (non-hydrogen) atoms. The van der Waals surface area contributed by atoms with Crippen LogP contribution in [0.5, 0.6) is 11.5 Å². The first-order chi connectivity index (χ1) is 14.5. The second-order valence-electron chi connectivity index (χ2n) is 7.21. The van der Waals surface area contributed by atoms with Gasteiger partial charge in [0.25, 0.3) is 5.91 Å². The highest BCUT2D eigenvalue weighted by Crippen LogP contribution is 2.33.